The minimum Gasteiger partial charge on any atom is -0.276 e. The number of hydrogen-bond acceptors (Lipinski definition) is 7. The van der Waals surface area contributed by atoms with E-state index in [1.54, 1.807) is 12.4 Å². The summed E-state index contributed by atoms with van der Waals surface area (Å²) in [4.78, 5) is 29.8. The van der Waals surface area contributed by atoms with Crippen molar-refractivity contribution >= 4 is 22.3 Å². The lowest BCUT2D eigenvalue weighted by atomic mass is 10.6. The van der Waals surface area contributed by atoms with E-state index in [2.05, 4.69) is 29.9 Å². The van der Waals surface area contributed by atoms with E-state index in [4.69, 9.17) is 4.94 Å². The monoisotopic (exact) mass is 254 g/mol. The number of aromatic nitrogens is 8. The summed E-state index contributed by atoms with van der Waals surface area (Å²) in [5, 5.41) is 0. The van der Waals surface area contributed by atoms with E-state index < -0.39 is 0 Å². The average Bonchev–Trinajstić information content (AvgIpc) is 3.05. The summed E-state index contributed by atoms with van der Waals surface area (Å²) in [6.45, 7) is 0. The maximum Gasteiger partial charge on any atom is 0.202 e. The molecule has 4 aromatic heterocycles. The largest absolute Gasteiger partial charge is 0.276 e. The van der Waals surface area contributed by atoms with Gasteiger partial charge in [0.1, 0.15) is 36.3 Å². The van der Waals surface area contributed by atoms with Gasteiger partial charge >= 0.3 is 0 Å². The van der Waals surface area contributed by atoms with E-state index in [0.717, 1.165) is 0 Å². The normalized spacial score (nSPS) is 11.2. The van der Waals surface area contributed by atoms with Gasteiger partial charge in [-0.15, -0.1) is 9.46 Å². The Morgan fingerprint density at radius 2 is 1.26 bits per heavy atom. The van der Waals surface area contributed by atoms with Crippen LogP contribution in [-0.2, 0) is 0 Å². The van der Waals surface area contributed by atoms with Crippen molar-refractivity contribution in [3.63, 3.8) is 0 Å². The van der Waals surface area contributed by atoms with Crippen molar-refractivity contribution in [1.29, 1.82) is 0 Å². The third-order valence-corrected chi connectivity index (χ3v) is 2.54. The molecule has 4 heterocycles. The SMILES string of the molecule is c1ncc2ncn(On3cnc4cncnc43)c2n1. The van der Waals surface area contributed by atoms with Gasteiger partial charge in [-0.05, 0) is 0 Å². The molecule has 0 saturated heterocycles. The minimum absolute atomic E-state index is 0.561. The van der Waals surface area contributed by atoms with Gasteiger partial charge in [0.2, 0.25) is 11.3 Å². The van der Waals surface area contributed by atoms with E-state index in [0.29, 0.717) is 22.3 Å². The Balaban J connectivity index is 1.82. The highest BCUT2D eigenvalue weighted by atomic mass is 16.8. The van der Waals surface area contributed by atoms with E-state index in [1.807, 2.05) is 0 Å². The van der Waals surface area contributed by atoms with Crippen LogP contribution in [0.5, 0.6) is 0 Å². The van der Waals surface area contributed by atoms with Gasteiger partial charge in [-0.1, -0.05) is 0 Å². The molecule has 0 aromatic carbocycles. The van der Waals surface area contributed by atoms with Crippen molar-refractivity contribution in [3.8, 4) is 0 Å². The first kappa shape index (κ1) is 9.88. The second-order valence-electron chi connectivity index (χ2n) is 3.69. The second-order valence-corrected chi connectivity index (χ2v) is 3.69. The van der Waals surface area contributed by atoms with Crippen LogP contribution in [0.4, 0.5) is 0 Å². The predicted molar refractivity (Wildman–Crippen MR) is 62.6 cm³/mol. The van der Waals surface area contributed by atoms with Crippen LogP contribution in [0.3, 0.4) is 0 Å². The van der Waals surface area contributed by atoms with Gasteiger partial charge in [0, 0.05) is 0 Å². The highest BCUT2D eigenvalue weighted by Gasteiger charge is 2.08. The average molecular weight is 254 g/mol. The lowest BCUT2D eigenvalue weighted by Gasteiger charge is -2.05. The molecule has 9 nitrogen and oxygen atoms in total. The standard InChI is InChI=1S/C10H6N8O/c1-7-9(13-3-11-1)17(5-15-7)19-18-6-16-8-2-12-4-14-10(8)18/h1-6H. The highest BCUT2D eigenvalue weighted by molar-refractivity contribution is 5.69. The van der Waals surface area contributed by atoms with E-state index in [1.165, 1.54) is 34.8 Å². The maximum absolute atomic E-state index is 5.61. The van der Waals surface area contributed by atoms with Crippen molar-refractivity contribution in [2.45, 2.75) is 0 Å². The zero-order chi connectivity index (χ0) is 12.7. The number of rotatable bonds is 2. The molecule has 0 unspecified atom stereocenters. The molecule has 0 saturated carbocycles. The number of hydrogen-bond donors (Lipinski definition) is 0. The highest BCUT2D eigenvalue weighted by Crippen LogP contribution is 2.08. The molecule has 0 fully saturated rings. The molecule has 0 aliphatic heterocycles. The fraction of sp³-hybridized carbons (Fsp3) is 0. The van der Waals surface area contributed by atoms with Gasteiger partial charge in [-0.25, -0.2) is 29.9 Å². The molecule has 4 rings (SSSR count). The number of nitrogens with zero attached hydrogens (tertiary/aromatic N) is 8. The first-order valence-corrected chi connectivity index (χ1v) is 5.37. The topological polar surface area (TPSA) is 96.4 Å². The Hall–Kier alpha value is -3.10. The van der Waals surface area contributed by atoms with Gasteiger partial charge in [0.25, 0.3) is 0 Å². The van der Waals surface area contributed by atoms with E-state index >= 15 is 0 Å². The first-order chi connectivity index (χ1) is 9.42. The lowest BCUT2D eigenvalue weighted by Crippen LogP contribution is -2.17. The Morgan fingerprint density at radius 1 is 0.737 bits per heavy atom. The molecule has 0 amide bonds. The molecule has 0 aliphatic carbocycles. The van der Waals surface area contributed by atoms with Crippen LogP contribution >= 0.6 is 0 Å². The third-order valence-electron chi connectivity index (χ3n) is 2.54. The van der Waals surface area contributed by atoms with Crippen LogP contribution in [0, 0.1) is 0 Å². The Morgan fingerprint density at radius 3 is 1.79 bits per heavy atom. The smallest absolute Gasteiger partial charge is 0.202 e. The molecular weight excluding hydrogens is 248 g/mol. The van der Waals surface area contributed by atoms with Crippen molar-refractivity contribution in [1.82, 2.24) is 39.4 Å². The Bertz CT molecular complexity index is 794. The molecule has 9 heteroatoms. The lowest BCUT2D eigenvalue weighted by molar-refractivity contribution is 0.0475. The second kappa shape index (κ2) is 3.70. The van der Waals surface area contributed by atoms with Crippen LogP contribution in [0.2, 0.25) is 0 Å². The van der Waals surface area contributed by atoms with Crippen LogP contribution in [0.1, 0.15) is 0 Å². The molecule has 4 aromatic rings. The van der Waals surface area contributed by atoms with E-state index in [-0.39, 0.29) is 0 Å². The molecule has 92 valence electrons. The summed E-state index contributed by atoms with van der Waals surface area (Å²) in [6.07, 6.45) is 9.08. The summed E-state index contributed by atoms with van der Waals surface area (Å²) < 4.78 is 2.83. The first-order valence-electron chi connectivity index (χ1n) is 5.37. The summed E-state index contributed by atoms with van der Waals surface area (Å²) in [6, 6.07) is 0. The maximum atomic E-state index is 5.61. The Labute approximate surface area is 105 Å². The molecular formula is C10H6N8O. The van der Waals surface area contributed by atoms with Crippen LogP contribution in [0.15, 0.2) is 37.7 Å². The van der Waals surface area contributed by atoms with Gasteiger partial charge in [-0.2, -0.15) is 0 Å². The molecule has 0 atom stereocenters. The molecule has 0 bridgehead atoms. The summed E-state index contributed by atoms with van der Waals surface area (Å²) in [5.74, 6) is 0. The van der Waals surface area contributed by atoms with Crippen LogP contribution < -0.4 is 4.94 Å². The Kier molecular flexibility index (Phi) is 1.92. The molecule has 0 spiro atoms. The quantitative estimate of drug-likeness (QED) is 0.491. The number of imidazole rings is 2. The molecule has 0 N–H and O–H groups in total. The minimum atomic E-state index is 0.561. The fourth-order valence-electron chi connectivity index (χ4n) is 1.71. The zero-order valence-electron chi connectivity index (χ0n) is 9.45. The van der Waals surface area contributed by atoms with Gasteiger partial charge in [-0.3, -0.25) is 4.94 Å². The predicted octanol–water partition coefficient (Wildman–Crippen LogP) is -0.142. The fourth-order valence-corrected chi connectivity index (χ4v) is 1.71. The third kappa shape index (κ3) is 1.48. The van der Waals surface area contributed by atoms with E-state index in [9.17, 15) is 0 Å². The van der Waals surface area contributed by atoms with Gasteiger partial charge in [0.05, 0.1) is 12.4 Å². The zero-order valence-corrected chi connectivity index (χ0v) is 9.45. The molecule has 0 radical (unpaired) electrons. The van der Waals surface area contributed by atoms with Crippen molar-refractivity contribution in [3.05, 3.63) is 37.7 Å². The summed E-state index contributed by atoms with van der Waals surface area (Å²) in [5.41, 5.74) is 2.40. The molecule has 19 heavy (non-hydrogen) atoms. The number of fused-ring (bicyclic) bond motifs is 2. The summed E-state index contributed by atoms with van der Waals surface area (Å²) in [7, 11) is 0. The van der Waals surface area contributed by atoms with Gasteiger partial charge in [0.15, 0.2) is 0 Å². The van der Waals surface area contributed by atoms with Crippen LogP contribution in [0.25, 0.3) is 22.3 Å². The summed E-state index contributed by atoms with van der Waals surface area (Å²) >= 11 is 0. The van der Waals surface area contributed by atoms with Crippen LogP contribution in [-0.4, -0.2) is 39.4 Å². The van der Waals surface area contributed by atoms with Crippen molar-refractivity contribution in [2.75, 3.05) is 0 Å². The van der Waals surface area contributed by atoms with Crippen molar-refractivity contribution < 1.29 is 4.94 Å². The van der Waals surface area contributed by atoms with Gasteiger partial charge < -0.3 is 0 Å². The molecule has 0 aliphatic rings. The van der Waals surface area contributed by atoms with Crippen molar-refractivity contribution in [2.24, 2.45) is 0 Å².